The second kappa shape index (κ2) is 8.44. The highest BCUT2D eigenvalue weighted by Crippen LogP contribution is 2.28. The molecular weight excluding hydrogens is 353 g/mol. The number of halogens is 3. The molecule has 0 spiro atoms. The van der Waals surface area contributed by atoms with E-state index in [2.05, 4.69) is 10.2 Å². The van der Waals surface area contributed by atoms with Gasteiger partial charge in [0.2, 0.25) is 5.96 Å². The lowest BCUT2D eigenvalue weighted by atomic mass is 10.3. The zero-order valence-corrected chi connectivity index (χ0v) is 14.8. The van der Waals surface area contributed by atoms with Gasteiger partial charge in [-0.15, -0.1) is 12.4 Å². The lowest BCUT2D eigenvalue weighted by Crippen LogP contribution is -2.33. The summed E-state index contributed by atoms with van der Waals surface area (Å²) in [6.45, 7) is 2.01. The van der Waals surface area contributed by atoms with Gasteiger partial charge < -0.3 is 10.2 Å². The molecular formula is C17H18Cl3N3. The largest absolute Gasteiger partial charge is 0.342 e. The molecule has 122 valence electrons. The summed E-state index contributed by atoms with van der Waals surface area (Å²) in [6.07, 6.45) is 2.37. The highest BCUT2D eigenvalue weighted by Gasteiger charge is 2.17. The molecule has 1 saturated heterocycles. The van der Waals surface area contributed by atoms with Gasteiger partial charge >= 0.3 is 0 Å². The molecule has 1 heterocycles. The fourth-order valence-corrected chi connectivity index (χ4v) is 2.89. The van der Waals surface area contributed by atoms with Crippen LogP contribution in [0.25, 0.3) is 0 Å². The number of hydrogen-bond acceptors (Lipinski definition) is 1. The second-order valence-corrected chi connectivity index (χ2v) is 6.06. The van der Waals surface area contributed by atoms with Gasteiger partial charge in [-0.1, -0.05) is 41.4 Å². The molecule has 0 saturated carbocycles. The van der Waals surface area contributed by atoms with Gasteiger partial charge in [-0.05, 0) is 43.2 Å². The van der Waals surface area contributed by atoms with Gasteiger partial charge in [-0.25, -0.2) is 4.99 Å². The topological polar surface area (TPSA) is 27.6 Å². The third kappa shape index (κ3) is 4.77. The van der Waals surface area contributed by atoms with Crippen LogP contribution in [0.2, 0.25) is 10.0 Å². The Balaban J connectivity index is 0.00000192. The van der Waals surface area contributed by atoms with Crippen molar-refractivity contribution >= 4 is 52.9 Å². The monoisotopic (exact) mass is 369 g/mol. The van der Waals surface area contributed by atoms with Crippen LogP contribution in [-0.4, -0.2) is 23.9 Å². The number of rotatable bonds is 2. The lowest BCUT2D eigenvalue weighted by molar-refractivity contribution is 0.518. The van der Waals surface area contributed by atoms with Gasteiger partial charge in [0.1, 0.15) is 0 Å². The Kier molecular flexibility index (Phi) is 6.58. The molecule has 0 unspecified atom stereocenters. The van der Waals surface area contributed by atoms with Crippen molar-refractivity contribution in [2.75, 3.05) is 18.4 Å². The summed E-state index contributed by atoms with van der Waals surface area (Å²) in [5.74, 6) is 0.827. The van der Waals surface area contributed by atoms with Crippen LogP contribution in [0, 0.1) is 0 Å². The molecule has 0 aliphatic carbocycles. The first-order valence-electron chi connectivity index (χ1n) is 7.33. The standard InChI is InChI=1S/C17H17Cl2N3.ClH/c18-13-8-9-16(15(19)12-13)21-17(22-10-4-5-11-22)20-14-6-2-1-3-7-14;/h1-3,6-9,12H,4-5,10-11H2,(H,20,21);1H. The Morgan fingerprint density at radius 2 is 1.70 bits per heavy atom. The van der Waals surface area contributed by atoms with Crippen molar-refractivity contribution in [3.8, 4) is 0 Å². The third-order valence-corrected chi connectivity index (χ3v) is 4.11. The lowest BCUT2D eigenvalue weighted by Gasteiger charge is -2.21. The number of likely N-dealkylation sites (tertiary alicyclic amines) is 1. The zero-order valence-electron chi connectivity index (χ0n) is 12.5. The average molecular weight is 371 g/mol. The molecule has 1 aliphatic heterocycles. The predicted octanol–water partition coefficient (Wildman–Crippen LogP) is 5.61. The Hall–Kier alpha value is -1.42. The smallest absolute Gasteiger partial charge is 0.203 e. The summed E-state index contributed by atoms with van der Waals surface area (Å²) < 4.78 is 0. The molecule has 0 atom stereocenters. The van der Waals surface area contributed by atoms with E-state index in [-0.39, 0.29) is 12.4 Å². The maximum Gasteiger partial charge on any atom is 0.203 e. The fourth-order valence-electron chi connectivity index (χ4n) is 2.44. The van der Waals surface area contributed by atoms with Crippen molar-refractivity contribution in [2.45, 2.75) is 12.8 Å². The zero-order chi connectivity index (χ0) is 15.4. The summed E-state index contributed by atoms with van der Waals surface area (Å²) in [5, 5.41) is 4.56. The number of nitrogens with zero attached hydrogens (tertiary/aromatic N) is 2. The summed E-state index contributed by atoms with van der Waals surface area (Å²) in [7, 11) is 0. The van der Waals surface area contributed by atoms with Gasteiger partial charge in [0.05, 0.1) is 10.7 Å². The van der Waals surface area contributed by atoms with Crippen LogP contribution in [-0.2, 0) is 0 Å². The summed E-state index contributed by atoms with van der Waals surface area (Å²) in [5.41, 5.74) is 1.73. The van der Waals surface area contributed by atoms with Crippen LogP contribution < -0.4 is 5.32 Å². The molecule has 0 radical (unpaired) electrons. The second-order valence-electron chi connectivity index (χ2n) is 5.22. The van der Waals surface area contributed by atoms with E-state index < -0.39 is 0 Å². The normalized spacial score (nSPS) is 14.5. The number of hydrogen-bond donors (Lipinski definition) is 1. The first-order valence-corrected chi connectivity index (χ1v) is 8.09. The number of nitrogens with one attached hydrogen (secondary N) is 1. The number of aliphatic imine (C=N–C) groups is 1. The maximum atomic E-state index is 6.25. The predicted molar refractivity (Wildman–Crippen MR) is 102 cm³/mol. The molecule has 0 aromatic heterocycles. The summed E-state index contributed by atoms with van der Waals surface area (Å²) in [6, 6.07) is 15.4. The van der Waals surface area contributed by atoms with Crippen molar-refractivity contribution in [3.63, 3.8) is 0 Å². The van der Waals surface area contributed by atoms with Crippen LogP contribution >= 0.6 is 35.6 Å². The summed E-state index contributed by atoms with van der Waals surface area (Å²) >= 11 is 12.2. The van der Waals surface area contributed by atoms with Crippen LogP contribution in [0.4, 0.5) is 11.4 Å². The quantitative estimate of drug-likeness (QED) is 0.549. The summed E-state index contributed by atoms with van der Waals surface area (Å²) in [4.78, 5) is 6.97. The molecule has 0 bridgehead atoms. The Morgan fingerprint density at radius 1 is 1.00 bits per heavy atom. The van der Waals surface area contributed by atoms with E-state index in [1.807, 2.05) is 36.4 Å². The van der Waals surface area contributed by atoms with Crippen molar-refractivity contribution in [2.24, 2.45) is 4.99 Å². The van der Waals surface area contributed by atoms with Crippen LogP contribution in [0.1, 0.15) is 12.8 Å². The van der Waals surface area contributed by atoms with Crippen LogP contribution in [0.3, 0.4) is 0 Å². The minimum Gasteiger partial charge on any atom is -0.342 e. The van der Waals surface area contributed by atoms with E-state index in [0.717, 1.165) is 30.4 Å². The highest BCUT2D eigenvalue weighted by atomic mass is 35.5. The molecule has 2 aromatic rings. The van der Waals surface area contributed by atoms with Crippen molar-refractivity contribution in [1.82, 2.24) is 4.90 Å². The van der Waals surface area contributed by atoms with E-state index in [1.54, 1.807) is 12.1 Å². The number of benzene rings is 2. The molecule has 1 N–H and O–H groups in total. The Morgan fingerprint density at radius 3 is 2.35 bits per heavy atom. The molecule has 0 amide bonds. The maximum absolute atomic E-state index is 6.25. The number of guanidine groups is 1. The van der Waals surface area contributed by atoms with Crippen LogP contribution in [0.15, 0.2) is 53.5 Å². The molecule has 23 heavy (non-hydrogen) atoms. The number of anilines is 1. The molecule has 3 nitrogen and oxygen atoms in total. The Labute approximate surface area is 152 Å². The first kappa shape index (κ1) is 17.9. The fraction of sp³-hybridized carbons (Fsp3) is 0.235. The SMILES string of the molecule is Cl.Clc1ccc(N=C(Nc2ccccc2)N2CCCC2)c(Cl)c1. The minimum absolute atomic E-state index is 0. The van der Waals surface area contributed by atoms with E-state index in [0.29, 0.717) is 10.0 Å². The van der Waals surface area contributed by atoms with Gasteiger partial charge in [-0.3, -0.25) is 0 Å². The van der Waals surface area contributed by atoms with Gasteiger partial charge in [0.15, 0.2) is 0 Å². The molecule has 1 aliphatic rings. The van der Waals surface area contributed by atoms with Crippen molar-refractivity contribution in [1.29, 1.82) is 0 Å². The van der Waals surface area contributed by atoms with E-state index in [4.69, 9.17) is 28.2 Å². The molecule has 1 fully saturated rings. The van der Waals surface area contributed by atoms with Gasteiger partial charge in [-0.2, -0.15) is 0 Å². The molecule has 3 rings (SSSR count). The third-order valence-electron chi connectivity index (χ3n) is 3.57. The molecule has 2 aromatic carbocycles. The number of para-hydroxylation sites is 1. The highest BCUT2D eigenvalue weighted by molar-refractivity contribution is 6.36. The van der Waals surface area contributed by atoms with E-state index in [1.165, 1.54) is 12.8 Å². The average Bonchev–Trinajstić information content (AvgIpc) is 3.04. The first-order chi connectivity index (χ1) is 10.7. The van der Waals surface area contributed by atoms with Crippen molar-refractivity contribution in [3.05, 3.63) is 58.6 Å². The van der Waals surface area contributed by atoms with E-state index >= 15 is 0 Å². The molecule has 6 heteroatoms. The van der Waals surface area contributed by atoms with E-state index in [9.17, 15) is 0 Å². The van der Waals surface area contributed by atoms with Crippen molar-refractivity contribution < 1.29 is 0 Å². The van der Waals surface area contributed by atoms with Crippen LogP contribution in [0.5, 0.6) is 0 Å². The van der Waals surface area contributed by atoms with Gasteiger partial charge in [0.25, 0.3) is 0 Å². The Bertz CT molecular complexity index is 668. The minimum atomic E-state index is 0. The van der Waals surface area contributed by atoms with Gasteiger partial charge in [0, 0.05) is 23.8 Å².